The molecule has 1 saturated heterocycles. The Morgan fingerprint density at radius 2 is 2.40 bits per heavy atom. The highest BCUT2D eigenvalue weighted by Crippen LogP contribution is 2.09. The van der Waals surface area contributed by atoms with Crippen LogP contribution in [0.1, 0.15) is 12.7 Å². The molecular formula is C12H13N4O4. The largest absolute Gasteiger partial charge is 0.463 e. The second kappa shape index (κ2) is 6.00. The summed E-state index contributed by atoms with van der Waals surface area (Å²) in [4.78, 5) is 35.0. The molecular weight excluding hydrogens is 264 g/mol. The van der Waals surface area contributed by atoms with Gasteiger partial charge in [-0.2, -0.15) is 5.10 Å². The van der Waals surface area contributed by atoms with E-state index in [1.807, 2.05) is 0 Å². The Hall–Kier alpha value is -2.64. The molecule has 1 aromatic heterocycles. The monoisotopic (exact) mass is 277 g/mol. The molecule has 8 nitrogen and oxygen atoms in total. The Balaban J connectivity index is 1.95. The molecule has 0 bridgehead atoms. The molecule has 2 heterocycles. The minimum Gasteiger partial charge on any atom is -0.463 e. The van der Waals surface area contributed by atoms with Gasteiger partial charge in [-0.25, -0.2) is 19.5 Å². The minimum atomic E-state index is -0.768. The van der Waals surface area contributed by atoms with Crippen LogP contribution in [0.3, 0.4) is 0 Å². The minimum absolute atomic E-state index is 0.200. The summed E-state index contributed by atoms with van der Waals surface area (Å²) in [6, 6.07) is 1.43. The van der Waals surface area contributed by atoms with Crippen LogP contribution in [0, 0.1) is 0 Å². The number of urea groups is 2. The average Bonchev–Trinajstić information content (AvgIpc) is 3.06. The van der Waals surface area contributed by atoms with Crippen molar-refractivity contribution in [2.24, 2.45) is 5.10 Å². The smallest absolute Gasteiger partial charge is 0.348 e. The molecule has 1 N–H and O–H groups in total. The molecule has 1 aliphatic heterocycles. The van der Waals surface area contributed by atoms with E-state index in [2.05, 4.69) is 10.4 Å². The van der Waals surface area contributed by atoms with Crippen LogP contribution in [0.5, 0.6) is 0 Å². The van der Waals surface area contributed by atoms with Gasteiger partial charge >= 0.3 is 12.1 Å². The lowest BCUT2D eigenvalue weighted by Gasteiger charge is -2.15. The molecule has 4 amide bonds. The van der Waals surface area contributed by atoms with Gasteiger partial charge in [-0.3, -0.25) is 4.79 Å². The van der Waals surface area contributed by atoms with E-state index in [1.54, 1.807) is 18.4 Å². The fourth-order valence-electron chi connectivity index (χ4n) is 1.60. The maximum absolute atomic E-state index is 11.9. The molecule has 1 unspecified atom stereocenters. The first-order valence-electron chi connectivity index (χ1n) is 5.96. The molecule has 0 saturated carbocycles. The highest BCUT2D eigenvalue weighted by Gasteiger charge is 2.33. The van der Waals surface area contributed by atoms with Crippen molar-refractivity contribution in [1.29, 1.82) is 0 Å². The summed E-state index contributed by atoms with van der Waals surface area (Å²) in [6.45, 7) is 1.95. The summed E-state index contributed by atoms with van der Waals surface area (Å²) in [5, 5.41) is 7.43. The number of hydrogen-bond donors (Lipinski definition) is 1. The third-order valence-electron chi connectivity index (χ3n) is 2.62. The number of carbonyl (C=O) groups is 2. The summed E-state index contributed by atoms with van der Waals surface area (Å²) in [5.41, 5.74) is 0. The van der Waals surface area contributed by atoms with Crippen molar-refractivity contribution in [3.8, 4) is 0 Å². The van der Waals surface area contributed by atoms with Crippen LogP contribution >= 0.6 is 0 Å². The van der Waals surface area contributed by atoms with Crippen molar-refractivity contribution in [2.75, 3.05) is 13.1 Å². The highest BCUT2D eigenvalue weighted by atomic mass is 16.3. The molecule has 0 spiro atoms. The number of nitrogens with zero attached hydrogens (tertiary/aromatic N) is 3. The molecule has 1 atom stereocenters. The third-order valence-corrected chi connectivity index (χ3v) is 2.62. The van der Waals surface area contributed by atoms with Crippen molar-refractivity contribution in [3.63, 3.8) is 0 Å². The van der Waals surface area contributed by atoms with Gasteiger partial charge in [0, 0.05) is 0 Å². The van der Waals surface area contributed by atoms with Gasteiger partial charge in [-0.05, 0) is 19.1 Å². The van der Waals surface area contributed by atoms with Crippen LogP contribution < -0.4 is 5.32 Å². The van der Waals surface area contributed by atoms with Crippen LogP contribution in [-0.4, -0.2) is 53.6 Å². The number of hydrogen-bond acceptors (Lipinski definition) is 5. The van der Waals surface area contributed by atoms with E-state index in [0.29, 0.717) is 5.76 Å². The van der Waals surface area contributed by atoms with Crippen LogP contribution in [0.2, 0.25) is 0 Å². The van der Waals surface area contributed by atoms with Crippen LogP contribution in [-0.2, 0) is 4.79 Å². The number of imide groups is 1. The fourth-order valence-corrected chi connectivity index (χ4v) is 1.60. The zero-order chi connectivity index (χ0) is 14.5. The Morgan fingerprint density at radius 1 is 1.60 bits per heavy atom. The van der Waals surface area contributed by atoms with E-state index in [4.69, 9.17) is 4.42 Å². The predicted octanol–water partition coefficient (Wildman–Crippen LogP) is 0.559. The Labute approximate surface area is 115 Å². The number of rotatable bonds is 4. The standard InChI is InChI=1S/C12H13N4O4/c1-9(8-17)14-11(18)15-4-5-16(12(15)19)13-7-10-3-2-6-20-10/h2-3,6-7,9H,4-5H2,1H3,(H,14,18). The molecule has 0 aromatic carbocycles. The lowest BCUT2D eigenvalue weighted by molar-refractivity contribution is 0.185. The summed E-state index contributed by atoms with van der Waals surface area (Å²) < 4.78 is 5.05. The number of amides is 4. The molecule has 20 heavy (non-hydrogen) atoms. The fraction of sp³-hybridized carbons (Fsp3) is 0.333. The summed E-state index contributed by atoms with van der Waals surface area (Å²) >= 11 is 0. The Kier molecular flexibility index (Phi) is 4.14. The second-order valence-corrected chi connectivity index (χ2v) is 4.11. The van der Waals surface area contributed by atoms with Crippen molar-refractivity contribution in [2.45, 2.75) is 13.0 Å². The van der Waals surface area contributed by atoms with E-state index in [-0.39, 0.29) is 13.1 Å². The van der Waals surface area contributed by atoms with Gasteiger partial charge in [0.15, 0.2) is 0 Å². The maximum Gasteiger partial charge on any atom is 0.348 e. The van der Waals surface area contributed by atoms with Crippen molar-refractivity contribution in [1.82, 2.24) is 15.2 Å². The molecule has 2 rings (SSSR count). The van der Waals surface area contributed by atoms with Gasteiger partial charge in [0.1, 0.15) is 5.76 Å². The van der Waals surface area contributed by atoms with Crippen molar-refractivity contribution in [3.05, 3.63) is 24.2 Å². The van der Waals surface area contributed by atoms with Gasteiger partial charge in [0.25, 0.3) is 0 Å². The van der Waals surface area contributed by atoms with E-state index in [0.717, 1.165) is 9.91 Å². The van der Waals surface area contributed by atoms with Gasteiger partial charge in [-0.15, -0.1) is 0 Å². The maximum atomic E-state index is 11.9. The predicted molar refractivity (Wildman–Crippen MR) is 68.8 cm³/mol. The Bertz CT molecular complexity index is 526. The molecule has 1 radical (unpaired) electrons. The lowest BCUT2D eigenvalue weighted by atomic mass is 10.4. The molecule has 1 aromatic rings. The zero-order valence-corrected chi connectivity index (χ0v) is 10.8. The van der Waals surface area contributed by atoms with Crippen molar-refractivity contribution < 1.29 is 18.8 Å². The summed E-state index contributed by atoms with van der Waals surface area (Å²) in [7, 11) is 0. The van der Waals surface area contributed by atoms with Gasteiger partial charge in [0.2, 0.25) is 6.29 Å². The van der Waals surface area contributed by atoms with E-state index < -0.39 is 18.1 Å². The number of carbonyl (C=O) groups excluding carboxylic acids is 3. The highest BCUT2D eigenvalue weighted by molar-refractivity contribution is 5.96. The first-order valence-corrected chi connectivity index (χ1v) is 5.96. The van der Waals surface area contributed by atoms with Crippen LogP contribution in [0.25, 0.3) is 0 Å². The molecule has 1 aliphatic rings. The molecule has 105 valence electrons. The quantitative estimate of drug-likeness (QED) is 0.813. The molecule has 8 heteroatoms. The first-order chi connectivity index (χ1) is 9.61. The SMILES string of the molecule is CC([C]=O)NC(=O)N1CCN(N=Cc2ccco2)C1=O. The average molecular weight is 277 g/mol. The van der Waals surface area contributed by atoms with Gasteiger partial charge < -0.3 is 9.73 Å². The number of furan rings is 1. The van der Waals surface area contributed by atoms with Gasteiger partial charge in [0.05, 0.1) is 31.6 Å². The molecule has 0 aliphatic carbocycles. The molecule has 1 fully saturated rings. The summed E-state index contributed by atoms with van der Waals surface area (Å²) in [5.74, 6) is 0.505. The van der Waals surface area contributed by atoms with E-state index >= 15 is 0 Å². The van der Waals surface area contributed by atoms with Crippen LogP contribution in [0.15, 0.2) is 27.9 Å². The lowest BCUT2D eigenvalue weighted by Crippen LogP contribution is -2.45. The first kappa shape index (κ1) is 13.8. The van der Waals surface area contributed by atoms with E-state index in [1.165, 1.54) is 19.4 Å². The van der Waals surface area contributed by atoms with Gasteiger partial charge in [-0.1, -0.05) is 0 Å². The number of nitrogens with one attached hydrogen (secondary N) is 1. The zero-order valence-electron chi connectivity index (χ0n) is 10.8. The number of hydrazone groups is 1. The van der Waals surface area contributed by atoms with Crippen molar-refractivity contribution >= 4 is 24.6 Å². The normalized spacial score (nSPS) is 16.8. The summed E-state index contributed by atoms with van der Waals surface area (Å²) in [6.07, 6.45) is 4.49. The second-order valence-electron chi connectivity index (χ2n) is 4.11. The Morgan fingerprint density at radius 3 is 3.05 bits per heavy atom. The topological polar surface area (TPSA) is 95.2 Å². The third kappa shape index (κ3) is 3.02. The van der Waals surface area contributed by atoms with E-state index in [9.17, 15) is 14.4 Å². The van der Waals surface area contributed by atoms with Crippen LogP contribution in [0.4, 0.5) is 9.59 Å².